The van der Waals surface area contributed by atoms with E-state index >= 15 is 0 Å². The lowest BCUT2D eigenvalue weighted by atomic mass is 10.1. The van der Waals surface area contributed by atoms with Gasteiger partial charge in [0.15, 0.2) is 0 Å². The van der Waals surface area contributed by atoms with Crippen molar-refractivity contribution in [3.8, 4) is 0 Å². The maximum atomic E-state index is 12.7. The highest BCUT2D eigenvalue weighted by molar-refractivity contribution is 5.78. The number of nitrogens with zero attached hydrogens (tertiary/aromatic N) is 5. The van der Waals surface area contributed by atoms with E-state index in [2.05, 4.69) is 27.1 Å². The number of likely N-dealkylation sites (N-methyl/N-ethyl adjacent to an activating group) is 1. The monoisotopic (exact) mass is 341 g/mol. The summed E-state index contributed by atoms with van der Waals surface area (Å²) in [6.07, 6.45) is 2.06. The van der Waals surface area contributed by atoms with Crippen LogP contribution in [0.25, 0.3) is 0 Å². The highest BCUT2D eigenvalue weighted by atomic mass is 16.2. The first-order valence-electron chi connectivity index (χ1n) is 8.93. The normalized spacial score (nSPS) is 17.9. The highest BCUT2D eigenvalue weighted by Gasteiger charge is 2.26. The fourth-order valence-electron chi connectivity index (χ4n) is 3.54. The van der Waals surface area contributed by atoms with E-state index in [0.717, 1.165) is 44.1 Å². The molecule has 0 saturated carbocycles. The Hall–Kier alpha value is -2.21. The quantitative estimate of drug-likeness (QED) is 0.836. The Balaban J connectivity index is 1.57. The molecule has 0 aliphatic carbocycles. The maximum absolute atomic E-state index is 12.7. The van der Waals surface area contributed by atoms with Gasteiger partial charge in [-0.2, -0.15) is 5.10 Å². The first-order chi connectivity index (χ1) is 12.0. The molecule has 2 aromatic rings. The predicted molar refractivity (Wildman–Crippen MR) is 97.1 cm³/mol. The van der Waals surface area contributed by atoms with Crippen molar-refractivity contribution in [1.82, 2.24) is 24.6 Å². The zero-order valence-corrected chi connectivity index (χ0v) is 15.4. The molecule has 1 atom stereocenters. The van der Waals surface area contributed by atoms with Crippen LogP contribution >= 0.6 is 0 Å². The Labute approximate surface area is 149 Å². The van der Waals surface area contributed by atoms with Gasteiger partial charge in [-0.05, 0) is 39.3 Å². The van der Waals surface area contributed by atoms with Crippen LogP contribution in [0.4, 0.5) is 0 Å². The molecule has 1 fully saturated rings. The van der Waals surface area contributed by atoms with Crippen LogP contribution in [0.1, 0.15) is 36.1 Å². The number of benzene rings is 1. The Morgan fingerprint density at radius 2 is 2.04 bits per heavy atom. The SMILES string of the molecule is Cc1nc(C)n([C@H]2CCCN(C(=O)CN(C)Cc3ccccc3)C2)n1. The Morgan fingerprint density at radius 1 is 1.28 bits per heavy atom. The zero-order valence-electron chi connectivity index (χ0n) is 15.4. The summed E-state index contributed by atoms with van der Waals surface area (Å²) < 4.78 is 1.99. The molecule has 25 heavy (non-hydrogen) atoms. The summed E-state index contributed by atoms with van der Waals surface area (Å²) in [6, 6.07) is 10.5. The molecule has 2 heterocycles. The van der Waals surface area contributed by atoms with Gasteiger partial charge in [0.1, 0.15) is 11.6 Å². The molecule has 0 N–H and O–H groups in total. The number of aromatic nitrogens is 3. The van der Waals surface area contributed by atoms with Crippen molar-refractivity contribution < 1.29 is 4.79 Å². The van der Waals surface area contributed by atoms with Gasteiger partial charge >= 0.3 is 0 Å². The van der Waals surface area contributed by atoms with E-state index in [-0.39, 0.29) is 11.9 Å². The lowest BCUT2D eigenvalue weighted by Crippen LogP contribution is -2.45. The van der Waals surface area contributed by atoms with Crippen LogP contribution in [-0.2, 0) is 11.3 Å². The minimum absolute atomic E-state index is 0.192. The standard InChI is InChI=1S/C19H27N5O/c1-15-20-16(2)24(21-15)18-10-7-11-23(13-18)19(25)14-22(3)12-17-8-5-4-6-9-17/h4-6,8-9,18H,7,10-14H2,1-3H3/t18-/m0/s1. The fraction of sp³-hybridized carbons (Fsp3) is 0.526. The Morgan fingerprint density at radius 3 is 2.72 bits per heavy atom. The van der Waals surface area contributed by atoms with E-state index in [4.69, 9.17) is 0 Å². The van der Waals surface area contributed by atoms with E-state index in [1.807, 2.05) is 48.7 Å². The summed E-state index contributed by atoms with van der Waals surface area (Å²) in [4.78, 5) is 21.2. The molecular formula is C19H27N5O. The number of piperidine rings is 1. The van der Waals surface area contributed by atoms with Gasteiger partial charge in [-0.15, -0.1) is 0 Å². The largest absolute Gasteiger partial charge is 0.339 e. The zero-order chi connectivity index (χ0) is 17.8. The second-order valence-electron chi connectivity index (χ2n) is 6.94. The number of rotatable bonds is 5. The second-order valence-corrected chi connectivity index (χ2v) is 6.94. The van der Waals surface area contributed by atoms with Crippen LogP contribution in [0.5, 0.6) is 0 Å². The van der Waals surface area contributed by atoms with Gasteiger partial charge in [0.25, 0.3) is 0 Å². The summed E-state index contributed by atoms with van der Waals surface area (Å²) in [5.41, 5.74) is 1.23. The van der Waals surface area contributed by atoms with Gasteiger partial charge in [0, 0.05) is 19.6 Å². The Bertz CT molecular complexity index is 712. The summed E-state index contributed by atoms with van der Waals surface area (Å²) >= 11 is 0. The topological polar surface area (TPSA) is 54.3 Å². The van der Waals surface area contributed by atoms with Crippen molar-refractivity contribution in [3.05, 3.63) is 47.5 Å². The summed E-state index contributed by atoms with van der Waals surface area (Å²) in [5, 5.41) is 4.50. The average molecular weight is 341 g/mol. The highest BCUT2D eigenvalue weighted by Crippen LogP contribution is 2.22. The van der Waals surface area contributed by atoms with Gasteiger partial charge in [-0.1, -0.05) is 30.3 Å². The molecule has 134 valence electrons. The smallest absolute Gasteiger partial charge is 0.236 e. The van der Waals surface area contributed by atoms with Crippen LogP contribution in [0.2, 0.25) is 0 Å². The molecule has 0 radical (unpaired) electrons. The minimum atomic E-state index is 0.192. The third-order valence-electron chi connectivity index (χ3n) is 4.70. The van der Waals surface area contributed by atoms with Gasteiger partial charge in [0.2, 0.25) is 5.91 Å². The number of likely N-dealkylation sites (tertiary alicyclic amines) is 1. The molecule has 0 unspecified atom stereocenters. The molecule has 6 nitrogen and oxygen atoms in total. The number of aryl methyl sites for hydroxylation is 2. The number of amides is 1. The van der Waals surface area contributed by atoms with Crippen LogP contribution < -0.4 is 0 Å². The van der Waals surface area contributed by atoms with E-state index < -0.39 is 0 Å². The van der Waals surface area contributed by atoms with Crippen molar-refractivity contribution >= 4 is 5.91 Å². The van der Waals surface area contributed by atoms with Crippen molar-refractivity contribution in [1.29, 1.82) is 0 Å². The first kappa shape index (κ1) is 17.6. The summed E-state index contributed by atoms with van der Waals surface area (Å²) in [6.45, 7) is 6.67. The molecule has 0 spiro atoms. The fourth-order valence-corrected chi connectivity index (χ4v) is 3.54. The van der Waals surface area contributed by atoms with E-state index in [1.165, 1.54) is 5.56 Å². The second kappa shape index (κ2) is 7.78. The lowest BCUT2D eigenvalue weighted by molar-refractivity contribution is -0.133. The third-order valence-corrected chi connectivity index (χ3v) is 4.70. The number of hydrogen-bond donors (Lipinski definition) is 0. The van der Waals surface area contributed by atoms with E-state index in [1.54, 1.807) is 0 Å². The predicted octanol–water partition coefficient (Wildman–Crippen LogP) is 2.19. The molecule has 1 aromatic heterocycles. The Kier molecular flexibility index (Phi) is 5.48. The molecule has 0 bridgehead atoms. The number of hydrogen-bond acceptors (Lipinski definition) is 4. The molecule has 1 amide bonds. The van der Waals surface area contributed by atoms with Crippen molar-refractivity contribution in [3.63, 3.8) is 0 Å². The first-order valence-corrected chi connectivity index (χ1v) is 8.93. The van der Waals surface area contributed by atoms with Crippen molar-refractivity contribution in [2.75, 3.05) is 26.7 Å². The maximum Gasteiger partial charge on any atom is 0.236 e. The van der Waals surface area contributed by atoms with Crippen LogP contribution in [0.3, 0.4) is 0 Å². The molecule has 1 aromatic carbocycles. The van der Waals surface area contributed by atoms with Gasteiger partial charge in [0.05, 0.1) is 12.6 Å². The molecule has 1 aliphatic rings. The molecule has 1 saturated heterocycles. The van der Waals surface area contributed by atoms with Gasteiger partial charge in [-0.25, -0.2) is 9.67 Å². The van der Waals surface area contributed by atoms with Crippen LogP contribution in [-0.4, -0.2) is 57.2 Å². The van der Waals surface area contributed by atoms with Gasteiger partial charge < -0.3 is 4.90 Å². The van der Waals surface area contributed by atoms with Crippen LogP contribution in [0.15, 0.2) is 30.3 Å². The molecule has 3 rings (SSSR count). The molecular weight excluding hydrogens is 314 g/mol. The summed E-state index contributed by atoms with van der Waals surface area (Å²) in [5.74, 6) is 1.92. The average Bonchev–Trinajstić information content (AvgIpc) is 2.94. The molecule has 6 heteroatoms. The van der Waals surface area contributed by atoms with E-state index in [9.17, 15) is 4.79 Å². The van der Waals surface area contributed by atoms with Crippen molar-refractivity contribution in [2.24, 2.45) is 0 Å². The van der Waals surface area contributed by atoms with E-state index in [0.29, 0.717) is 6.54 Å². The minimum Gasteiger partial charge on any atom is -0.339 e. The van der Waals surface area contributed by atoms with Crippen molar-refractivity contribution in [2.45, 2.75) is 39.3 Å². The lowest BCUT2D eigenvalue weighted by Gasteiger charge is -2.34. The summed E-state index contributed by atoms with van der Waals surface area (Å²) in [7, 11) is 2.00. The van der Waals surface area contributed by atoms with Gasteiger partial charge in [-0.3, -0.25) is 9.69 Å². The third kappa shape index (κ3) is 4.45. The van der Waals surface area contributed by atoms with Crippen LogP contribution in [0, 0.1) is 13.8 Å². The molecule has 1 aliphatic heterocycles. The number of carbonyl (C=O) groups excluding carboxylic acids is 1. The number of carbonyl (C=O) groups is 1.